The quantitative estimate of drug-likeness (QED) is 0.242. The standard InChI is InChI=1S/C28H26FN9/c1-38(2)8-7-32-20-11-16(9-18(29)12-20)21-5-6-33-28-22(21)13-25(35-28)27-26-24(36-37-27)4-3-23(34-26)17-10-19(30)15-31-14-17/h3-6,9-15,32H,7-8,30H2,1-2H3,(H,33,35)(H,36,37). The summed E-state index contributed by atoms with van der Waals surface area (Å²) in [6.45, 7) is 1.55. The van der Waals surface area contributed by atoms with E-state index in [0.717, 1.165) is 51.2 Å². The largest absolute Gasteiger partial charge is 0.397 e. The number of halogens is 1. The number of aromatic nitrogens is 6. The molecule has 6 rings (SSSR count). The molecule has 0 radical (unpaired) electrons. The van der Waals surface area contributed by atoms with Crippen LogP contribution in [0.2, 0.25) is 0 Å². The van der Waals surface area contributed by atoms with Gasteiger partial charge in [0.1, 0.15) is 22.7 Å². The van der Waals surface area contributed by atoms with E-state index < -0.39 is 0 Å². The number of nitrogens with one attached hydrogen (secondary N) is 3. The lowest BCUT2D eigenvalue weighted by molar-refractivity contribution is 0.425. The van der Waals surface area contributed by atoms with Crippen LogP contribution in [-0.2, 0) is 0 Å². The second-order valence-corrected chi connectivity index (χ2v) is 9.43. The smallest absolute Gasteiger partial charge is 0.138 e. The average molecular weight is 508 g/mol. The maximum absolute atomic E-state index is 14.6. The number of nitrogens with two attached hydrogens (primary N) is 1. The number of fused-ring (bicyclic) bond motifs is 2. The molecule has 5 N–H and O–H groups in total. The van der Waals surface area contributed by atoms with Crippen molar-refractivity contribution in [2.24, 2.45) is 0 Å². The Morgan fingerprint density at radius 1 is 1.03 bits per heavy atom. The van der Waals surface area contributed by atoms with E-state index >= 15 is 0 Å². The Morgan fingerprint density at radius 3 is 2.76 bits per heavy atom. The Balaban J connectivity index is 1.40. The second kappa shape index (κ2) is 9.56. The summed E-state index contributed by atoms with van der Waals surface area (Å²) in [5, 5.41) is 11.8. The first-order valence-electron chi connectivity index (χ1n) is 12.2. The molecule has 0 atom stereocenters. The molecule has 0 amide bonds. The van der Waals surface area contributed by atoms with Crippen LogP contribution in [0.15, 0.2) is 67.1 Å². The third kappa shape index (κ3) is 4.53. The first-order valence-corrected chi connectivity index (χ1v) is 12.2. The zero-order chi connectivity index (χ0) is 26.2. The summed E-state index contributed by atoms with van der Waals surface area (Å²) in [7, 11) is 4.01. The van der Waals surface area contributed by atoms with Gasteiger partial charge in [-0.25, -0.2) is 14.4 Å². The molecule has 6 aromatic rings. The molecule has 5 aromatic heterocycles. The van der Waals surface area contributed by atoms with Crippen molar-refractivity contribution in [3.05, 3.63) is 72.9 Å². The van der Waals surface area contributed by atoms with E-state index in [2.05, 4.69) is 35.4 Å². The van der Waals surface area contributed by atoms with Gasteiger partial charge in [-0.05, 0) is 73.8 Å². The Bertz CT molecular complexity index is 1770. The first-order chi connectivity index (χ1) is 18.4. The minimum Gasteiger partial charge on any atom is -0.397 e. The minimum atomic E-state index is -0.304. The molecule has 38 heavy (non-hydrogen) atoms. The van der Waals surface area contributed by atoms with E-state index in [0.29, 0.717) is 29.1 Å². The number of anilines is 2. The lowest BCUT2D eigenvalue weighted by atomic mass is 10.0. The third-order valence-corrected chi connectivity index (χ3v) is 6.35. The van der Waals surface area contributed by atoms with Gasteiger partial charge in [0.2, 0.25) is 0 Å². The first kappa shape index (κ1) is 23.6. The molecule has 9 nitrogen and oxygen atoms in total. The molecule has 5 heterocycles. The summed E-state index contributed by atoms with van der Waals surface area (Å²) in [5.74, 6) is -0.304. The van der Waals surface area contributed by atoms with Crippen molar-refractivity contribution in [3.63, 3.8) is 0 Å². The fourth-order valence-electron chi connectivity index (χ4n) is 4.52. The Hall–Kier alpha value is -4.83. The van der Waals surface area contributed by atoms with Gasteiger partial charge < -0.3 is 20.9 Å². The van der Waals surface area contributed by atoms with Crippen molar-refractivity contribution in [2.45, 2.75) is 0 Å². The van der Waals surface area contributed by atoms with Gasteiger partial charge in [0, 0.05) is 48.3 Å². The number of likely N-dealkylation sites (N-methyl/N-ethyl adjacent to an activating group) is 1. The summed E-state index contributed by atoms with van der Waals surface area (Å²) in [4.78, 5) is 19.0. The van der Waals surface area contributed by atoms with Crippen LogP contribution < -0.4 is 11.1 Å². The van der Waals surface area contributed by atoms with Crippen molar-refractivity contribution >= 4 is 33.4 Å². The van der Waals surface area contributed by atoms with Crippen LogP contribution in [0.3, 0.4) is 0 Å². The highest BCUT2D eigenvalue weighted by molar-refractivity contribution is 5.99. The summed E-state index contributed by atoms with van der Waals surface area (Å²) in [6.07, 6.45) is 5.04. The monoisotopic (exact) mass is 507 g/mol. The SMILES string of the molecule is CN(C)CCNc1cc(F)cc(-c2ccnc3[nH]c(-c4n[nH]c5ccc(-c6cncc(N)c6)nc45)cc23)c1. The van der Waals surface area contributed by atoms with Crippen LogP contribution >= 0.6 is 0 Å². The third-order valence-electron chi connectivity index (χ3n) is 6.35. The van der Waals surface area contributed by atoms with Crippen molar-refractivity contribution in [2.75, 3.05) is 38.2 Å². The van der Waals surface area contributed by atoms with Crippen LogP contribution in [-0.4, -0.2) is 62.2 Å². The van der Waals surface area contributed by atoms with Crippen molar-refractivity contribution in [3.8, 4) is 33.8 Å². The molecular formula is C28H26FN9. The molecule has 0 bridgehead atoms. The van der Waals surface area contributed by atoms with Gasteiger partial charge in [-0.3, -0.25) is 10.1 Å². The molecule has 0 aliphatic heterocycles. The number of benzene rings is 1. The number of hydrogen-bond donors (Lipinski definition) is 4. The maximum atomic E-state index is 14.6. The number of aromatic amines is 2. The average Bonchev–Trinajstić information content (AvgIpc) is 3.51. The van der Waals surface area contributed by atoms with Gasteiger partial charge in [-0.1, -0.05) is 0 Å². The molecule has 0 fully saturated rings. The number of nitrogens with zero attached hydrogens (tertiary/aromatic N) is 5. The molecule has 190 valence electrons. The van der Waals surface area contributed by atoms with Gasteiger partial charge in [0.05, 0.1) is 22.6 Å². The van der Waals surface area contributed by atoms with E-state index in [4.69, 9.17) is 10.7 Å². The van der Waals surface area contributed by atoms with Gasteiger partial charge in [-0.2, -0.15) is 5.10 Å². The van der Waals surface area contributed by atoms with Crippen molar-refractivity contribution in [1.29, 1.82) is 0 Å². The lowest BCUT2D eigenvalue weighted by Crippen LogP contribution is -2.20. The van der Waals surface area contributed by atoms with Gasteiger partial charge >= 0.3 is 0 Å². The summed E-state index contributed by atoms with van der Waals surface area (Å²) < 4.78 is 14.6. The van der Waals surface area contributed by atoms with Crippen LogP contribution in [0.1, 0.15) is 0 Å². The Labute approximate surface area is 218 Å². The van der Waals surface area contributed by atoms with E-state index in [-0.39, 0.29) is 5.82 Å². The zero-order valence-electron chi connectivity index (χ0n) is 21.0. The van der Waals surface area contributed by atoms with Crippen LogP contribution in [0.25, 0.3) is 55.8 Å². The molecule has 10 heteroatoms. The number of hydrogen-bond acceptors (Lipinski definition) is 7. The Kier molecular flexibility index (Phi) is 5.93. The summed E-state index contributed by atoms with van der Waals surface area (Å²) in [6, 6.07) is 14.5. The predicted molar refractivity (Wildman–Crippen MR) is 149 cm³/mol. The highest BCUT2D eigenvalue weighted by atomic mass is 19.1. The number of rotatable bonds is 7. The van der Waals surface area contributed by atoms with Gasteiger partial charge in [0.15, 0.2) is 0 Å². The minimum absolute atomic E-state index is 0.304. The van der Waals surface area contributed by atoms with E-state index in [9.17, 15) is 4.39 Å². The maximum Gasteiger partial charge on any atom is 0.138 e. The molecule has 0 saturated heterocycles. The molecule has 0 saturated carbocycles. The van der Waals surface area contributed by atoms with E-state index in [1.54, 1.807) is 18.6 Å². The van der Waals surface area contributed by atoms with Gasteiger partial charge in [0.25, 0.3) is 0 Å². The predicted octanol–water partition coefficient (Wildman–Crippen LogP) is 4.93. The van der Waals surface area contributed by atoms with Crippen LogP contribution in [0.4, 0.5) is 15.8 Å². The Morgan fingerprint density at radius 2 is 1.92 bits per heavy atom. The molecule has 0 aliphatic rings. The molecule has 0 unspecified atom stereocenters. The second-order valence-electron chi connectivity index (χ2n) is 9.43. The number of H-pyrrole nitrogens is 2. The highest BCUT2D eigenvalue weighted by Gasteiger charge is 2.16. The van der Waals surface area contributed by atoms with Crippen LogP contribution in [0.5, 0.6) is 0 Å². The van der Waals surface area contributed by atoms with E-state index in [1.165, 1.54) is 12.1 Å². The van der Waals surface area contributed by atoms with Gasteiger partial charge in [-0.15, -0.1) is 0 Å². The molecule has 1 aromatic carbocycles. The summed E-state index contributed by atoms with van der Waals surface area (Å²) in [5.41, 5.74) is 14.0. The van der Waals surface area contributed by atoms with Crippen molar-refractivity contribution < 1.29 is 4.39 Å². The molecular weight excluding hydrogens is 481 g/mol. The highest BCUT2D eigenvalue weighted by Crippen LogP contribution is 2.34. The summed E-state index contributed by atoms with van der Waals surface area (Å²) >= 11 is 0. The number of pyridine rings is 3. The normalized spacial score (nSPS) is 11.6. The van der Waals surface area contributed by atoms with Crippen LogP contribution in [0, 0.1) is 5.82 Å². The van der Waals surface area contributed by atoms with Crippen molar-refractivity contribution in [1.82, 2.24) is 35.0 Å². The topological polar surface area (TPSA) is 124 Å². The fraction of sp³-hybridized carbons (Fsp3) is 0.143. The lowest BCUT2D eigenvalue weighted by Gasteiger charge is -2.13. The number of nitrogen functional groups attached to an aromatic ring is 1. The molecule has 0 aliphatic carbocycles. The zero-order valence-corrected chi connectivity index (χ0v) is 21.0. The van der Waals surface area contributed by atoms with E-state index in [1.807, 2.05) is 50.5 Å². The molecule has 0 spiro atoms. The fourth-order valence-corrected chi connectivity index (χ4v) is 4.52.